The van der Waals surface area contributed by atoms with Crippen molar-refractivity contribution in [1.82, 2.24) is 9.97 Å². The molecule has 5 heteroatoms. The number of hydrogen-bond donors (Lipinski definition) is 0. The van der Waals surface area contributed by atoms with Crippen molar-refractivity contribution < 1.29 is 4.39 Å². The maximum absolute atomic E-state index is 13.5. The zero-order valence-electron chi connectivity index (χ0n) is 7.42. The Hall–Kier alpha value is -0.810. The van der Waals surface area contributed by atoms with E-state index in [0.717, 1.165) is 4.47 Å². The molecule has 0 aliphatic carbocycles. The standard InChI is InChI=1S/C10H5Br2FN2/c11-6-1-2-8(9(13)3-6)10-14-4-7(12)5-15-10/h1-5H. The summed E-state index contributed by atoms with van der Waals surface area (Å²) >= 11 is 6.41. The molecule has 0 aliphatic heterocycles. The van der Waals surface area contributed by atoms with Crippen molar-refractivity contribution in [2.45, 2.75) is 0 Å². The summed E-state index contributed by atoms with van der Waals surface area (Å²) in [5, 5.41) is 0. The molecule has 0 amide bonds. The number of rotatable bonds is 1. The molecular formula is C10H5Br2FN2. The maximum atomic E-state index is 13.5. The first-order valence-corrected chi connectivity index (χ1v) is 5.68. The molecule has 0 bridgehead atoms. The number of nitrogens with zero attached hydrogens (tertiary/aromatic N) is 2. The van der Waals surface area contributed by atoms with Crippen molar-refractivity contribution in [2.75, 3.05) is 0 Å². The van der Waals surface area contributed by atoms with Crippen molar-refractivity contribution in [3.8, 4) is 11.4 Å². The lowest BCUT2D eigenvalue weighted by atomic mass is 10.2. The molecule has 2 rings (SSSR count). The van der Waals surface area contributed by atoms with Crippen LogP contribution < -0.4 is 0 Å². The number of benzene rings is 1. The molecule has 0 unspecified atom stereocenters. The molecule has 2 nitrogen and oxygen atoms in total. The van der Waals surface area contributed by atoms with E-state index >= 15 is 0 Å². The number of aromatic nitrogens is 2. The van der Waals surface area contributed by atoms with Crippen LogP contribution in [0.1, 0.15) is 0 Å². The Morgan fingerprint density at radius 1 is 1.00 bits per heavy atom. The van der Waals surface area contributed by atoms with Gasteiger partial charge >= 0.3 is 0 Å². The van der Waals surface area contributed by atoms with Gasteiger partial charge in [-0.2, -0.15) is 0 Å². The average Bonchev–Trinajstić information content (AvgIpc) is 2.20. The quantitative estimate of drug-likeness (QED) is 0.794. The summed E-state index contributed by atoms with van der Waals surface area (Å²) in [5.74, 6) is 0.0369. The van der Waals surface area contributed by atoms with Crippen LogP contribution in [0.25, 0.3) is 11.4 Å². The highest BCUT2D eigenvalue weighted by molar-refractivity contribution is 9.10. The summed E-state index contributed by atoms with van der Waals surface area (Å²) in [7, 11) is 0. The molecule has 0 radical (unpaired) electrons. The summed E-state index contributed by atoms with van der Waals surface area (Å²) in [6.45, 7) is 0. The topological polar surface area (TPSA) is 25.8 Å². The number of halogens is 3. The molecule has 0 aliphatic rings. The minimum absolute atomic E-state index is 0.341. The summed E-state index contributed by atoms with van der Waals surface area (Å²) < 4.78 is 15.0. The van der Waals surface area contributed by atoms with E-state index in [4.69, 9.17) is 0 Å². The molecule has 76 valence electrons. The Morgan fingerprint density at radius 2 is 1.67 bits per heavy atom. The van der Waals surface area contributed by atoms with Gasteiger partial charge < -0.3 is 0 Å². The third-order valence-electron chi connectivity index (χ3n) is 1.79. The van der Waals surface area contributed by atoms with Crippen LogP contribution in [-0.2, 0) is 0 Å². The van der Waals surface area contributed by atoms with Crippen molar-refractivity contribution in [2.24, 2.45) is 0 Å². The van der Waals surface area contributed by atoms with Crippen LogP contribution in [0.4, 0.5) is 4.39 Å². The predicted octanol–water partition coefficient (Wildman–Crippen LogP) is 3.81. The molecule has 15 heavy (non-hydrogen) atoms. The highest BCUT2D eigenvalue weighted by Gasteiger charge is 2.07. The SMILES string of the molecule is Fc1cc(Br)ccc1-c1ncc(Br)cn1. The van der Waals surface area contributed by atoms with Gasteiger partial charge in [0.1, 0.15) is 5.82 Å². The average molecular weight is 332 g/mol. The van der Waals surface area contributed by atoms with Crippen molar-refractivity contribution in [3.63, 3.8) is 0 Å². The first kappa shape index (κ1) is 10.7. The second kappa shape index (κ2) is 4.37. The lowest BCUT2D eigenvalue weighted by Crippen LogP contribution is -1.91. The van der Waals surface area contributed by atoms with Gasteiger partial charge in [0.2, 0.25) is 0 Å². The van der Waals surface area contributed by atoms with Crippen molar-refractivity contribution in [1.29, 1.82) is 0 Å². The second-order valence-electron chi connectivity index (χ2n) is 2.85. The maximum Gasteiger partial charge on any atom is 0.162 e. The van der Waals surface area contributed by atoms with Crippen molar-refractivity contribution >= 4 is 31.9 Å². The zero-order valence-corrected chi connectivity index (χ0v) is 10.6. The van der Waals surface area contributed by atoms with Gasteiger partial charge in [-0.15, -0.1) is 0 Å². The molecule has 1 aromatic heterocycles. The fourth-order valence-electron chi connectivity index (χ4n) is 1.12. The Bertz CT molecular complexity index is 485. The third kappa shape index (κ3) is 2.41. The van der Waals surface area contributed by atoms with Crippen LogP contribution in [0.3, 0.4) is 0 Å². The van der Waals surface area contributed by atoms with Crippen LogP contribution in [0, 0.1) is 5.82 Å². The van der Waals surface area contributed by atoms with Crippen LogP contribution in [0.5, 0.6) is 0 Å². The van der Waals surface area contributed by atoms with Gasteiger partial charge in [0, 0.05) is 16.9 Å². The van der Waals surface area contributed by atoms with Crippen LogP contribution in [0.15, 0.2) is 39.5 Å². The lowest BCUT2D eigenvalue weighted by molar-refractivity contribution is 0.629. The van der Waals surface area contributed by atoms with Gasteiger partial charge in [-0.25, -0.2) is 14.4 Å². The third-order valence-corrected chi connectivity index (χ3v) is 2.70. The lowest BCUT2D eigenvalue weighted by Gasteiger charge is -2.01. The minimum atomic E-state index is -0.341. The van der Waals surface area contributed by atoms with E-state index in [1.165, 1.54) is 6.07 Å². The summed E-state index contributed by atoms with van der Waals surface area (Å²) in [6, 6.07) is 4.78. The van der Waals surface area contributed by atoms with Gasteiger partial charge in [0.25, 0.3) is 0 Å². The molecule has 0 spiro atoms. The molecular weight excluding hydrogens is 327 g/mol. The van der Waals surface area contributed by atoms with E-state index in [-0.39, 0.29) is 5.82 Å². The van der Waals surface area contributed by atoms with E-state index in [9.17, 15) is 4.39 Å². The molecule has 0 fully saturated rings. The molecule has 0 saturated heterocycles. The largest absolute Gasteiger partial charge is 0.235 e. The van der Waals surface area contributed by atoms with Crippen LogP contribution in [0.2, 0.25) is 0 Å². The Morgan fingerprint density at radius 3 is 2.27 bits per heavy atom. The molecule has 1 heterocycles. The van der Waals surface area contributed by atoms with Crippen LogP contribution in [-0.4, -0.2) is 9.97 Å². The first-order chi connectivity index (χ1) is 7.16. The van der Waals surface area contributed by atoms with Gasteiger partial charge in [0.05, 0.1) is 10.0 Å². The monoisotopic (exact) mass is 330 g/mol. The Balaban J connectivity index is 2.49. The highest BCUT2D eigenvalue weighted by atomic mass is 79.9. The minimum Gasteiger partial charge on any atom is -0.235 e. The number of hydrogen-bond acceptors (Lipinski definition) is 2. The predicted molar refractivity (Wildman–Crippen MR) is 62.8 cm³/mol. The van der Waals surface area contributed by atoms with E-state index < -0.39 is 0 Å². The van der Waals surface area contributed by atoms with E-state index in [2.05, 4.69) is 41.8 Å². The van der Waals surface area contributed by atoms with Crippen LogP contribution >= 0.6 is 31.9 Å². The van der Waals surface area contributed by atoms with E-state index in [0.29, 0.717) is 15.9 Å². The highest BCUT2D eigenvalue weighted by Crippen LogP contribution is 2.22. The molecule has 2 aromatic rings. The van der Waals surface area contributed by atoms with Gasteiger partial charge in [-0.1, -0.05) is 15.9 Å². The molecule has 1 aromatic carbocycles. The first-order valence-electron chi connectivity index (χ1n) is 4.10. The van der Waals surface area contributed by atoms with Gasteiger partial charge in [0.15, 0.2) is 5.82 Å². The van der Waals surface area contributed by atoms with Gasteiger partial charge in [-0.05, 0) is 34.1 Å². The Labute approximate surface area is 103 Å². The van der Waals surface area contributed by atoms with E-state index in [1.54, 1.807) is 24.5 Å². The molecule has 0 N–H and O–H groups in total. The second-order valence-corrected chi connectivity index (χ2v) is 4.68. The van der Waals surface area contributed by atoms with Crippen molar-refractivity contribution in [3.05, 3.63) is 45.4 Å². The summed E-state index contributed by atoms with van der Waals surface area (Å²) in [6.07, 6.45) is 3.17. The smallest absolute Gasteiger partial charge is 0.162 e. The Kier molecular flexibility index (Phi) is 3.11. The van der Waals surface area contributed by atoms with E-state index in [1.807, 2.05) is 0 Å². The normalized spacial score (nSPS) is 10.3. The fraction of sp³-hybridized carbons (Fsp3) is 0. The molecule has 0 atom stereocenters. The fourth-order valence-corrected chi connectivity index (χ4v) is 1.66. The molecule has 0 saturated carbocycles. The van der Waals surface area contributed by atoms with Gasteiger partial charge in [-0.3, -0.25) is 0 Å². The summed E-state index contributed by atoms with van der Waals surface area (Å²) in [5.41, 5.74) is 0.394. The summed E-state index contributed by atoms with van der Waals surface area (Å²) in [4.78, 5) is 8.05. The zero-order chi connectivity index (χ0) is 10.8.